The van der Waals surface area contributed by atoms with Crippen molar-refractivity contribution in [3.05, 3.63) is 61.9 Å². The van der Waals surface area contributed by atoms with Crippen molar-refractivity contribution in [3.8, 4) is 11.5 Å². The number of anilines is 1. The second-order valence-electron chi connectivity index (χ2n) is 9.83. The Morgan fingerprint density at radius 1 is 1.03 bits per heavy atom. The Balaban J connectivity index is 1.77. The second kappa shape index (κ2) is 9.52. The number of benzene rings is 1. The summed E-state index contributed by atoms with van der Waals surface area (Å²) in [5.41, 5.74) is 0.356. The quantitative estimate of drug-likeness (QED) is 0.504. The molecule has 34 heavy (non-hydrogen) atoms. The average Bonchev–Trinajstić information content (AvgIpc) is 2.76. The fraction of sp³-hybridized carbons (Fsp3) is 0.500. The number of aromatic nitrogens is 2. The molecule has 0 spiro atoms. The van der Waals surface area contributed by atoms with Gasteiger partial charge >= 0.3 is 5.69 Å². The van der Waals surface area contributed by atoms with Crippen molar-refractivity contribution in [1.29, 1.82) is 0 Å². The van der Waals surface area contributed by atoms with Gasteiger partial charge in [0.05, 0.1) is 25.2 Å². The van der Waals surface area contributed by atoms with Crippen LogP contribution in [0.3, 0.4) is 0 Å². The highest BCUT2D eigenvalue weighted by molar-refractivity contribution is 5.90. The van der Waals surface area contributed by atoms with Gasteiger partial charge in [-0.05, 0) is 29.5 Å². The summed E-state index contributed by atoms with van der Waals surface area (Å²) in [6, 6.07) is 5.53. The zero-order valence-corrected chi connectivity index (χ0v) is 20.2. The molecule has 2 aliphatic rings. The Kier molecular flexibility index (Phi) is 6.68. The van der Waals surface area contributed by atoms with E-state index in [1.807, 2.05) is 38.1 Å². The summed E-state index contributed by atoms with van der Waals surface area (Å²) in [5, 5.41) is 3.16. The van der Waals surface area contributed by atoms with E-state index in [4.69, 9.17) is 9.47 Å². The van der Waals surface area contributed by atoms with Crippen LogP contribution in [0.25, 0.3) is 0 Å². The SMILES string of the molecule is CCCCCCOc1ccc(C2c3c([nH]c(=O)[nH]c3=O)NC3=CC(C)(C)CC(=O)C32)cc1OC. The standard InChI is InChI=1S/C26H33N3O5/c1-5-6-7-8-11-34-18-10-9-15(12-19(18)33-4)20-21-16(13-26(2,3)14-17(21)30)27-23-22(20)24(31)29-25(32)28-23/h9-10,12-13,20-21H,5-8,11,14H2,1-4H3,(H3,27,28,29,31,32). The van der Waals surface area contributed by atoms with Crippen LogP contribution in [0, 0.1) is 11.3 Å². The fourth-order valence-electron chi connectivity index (χ4n) is 5.04. The highest BCUT2D eigenvalue weighted by Crippen LogP contribution is 2.48. The van der Waals surface area contributed by atoms with Gasteiger partial charge in [-0.25, -0.2) is 4.79 Å². The van der Waals surface area contributed by atoms with Crippen molar-refractivity contribution in [2.24, 2.45) is 11.3 Å². The summed E-state index contributed by atoms with van der Waals surface area (Å²) in [6.07, 6.45) is 6.80. The van der Waals surface area contributed by atoms with Gasteiger partial charge in [-0.2, -0.15) is 0 Å². The molecule has 2 aromatic rings. The molecule has 1 aromatic carbocycles. The van der Waals surface area contributed by atoms with Gasteiger partial charge in [0.15, 0.2) is 11.5 Å². The number of aromatic amines is 2. The number of H-pyrrole nitrogens is 2. The van der Waals surface area contributed by atoms with E-state index in [0.717, 1.165) is 24.8 Å². The van der Waals surface area contributed by atoms with E-state index in [1.54, 1.807) is 7.11 Å². The number of rotatable bonds is 8. The van der Waals surface area contributed by atoms with Crippen molar-refractivity contribution >= 4 is 11.6 Å². The predicted molar refractivity (Wildman–Crippen MR) is 131 cm³/mol. The molecule has 2 unspecified atom stereocenters. The minimum Gasteiger partial charge on any atom is -0.493 e. The molecule has 0 amide bonds. The van der Waals surface area contributed by atoms with Crippen LogP contribution in [0.2, 0.25) is 0 Å². The molecule has 3 N–H and O–H groups in total. The van der Waals surface area contributed by atoms with Crippen LogP contribution >= 0.6 is 0 Å². The number of hydrogen-bond donors (Lipinski definition) is 3. The first kappa shape index (κ1) is 23.9. The maximum atomic E-state index is 13.3. The van der Waals surface area contributed by atoms with Gasteiger partial charge in [-0.3, -0.25) is 19.6 Å². The largest absolute Gasteiger partial charge is 0.493 e. The number of nitrogens with one attached hydrogen (secondary N) is 3. The van der Waals surface area contributed by atoms with Gasteiger partial charge in [0.1, 0.15) is 11.6 Å². The molecule has 1 aliphatic carbocycles. The minimum atomic E-state index is -0.597. The molecule has 1 aliphatic heterocycles. The lowest BCUT2D eigenvalue weighted by atomic mass is 9.67. The maximum Gasteiger partial charge on any atom is 0.327 e. The summed E-state index contributed by atoms with van der Waals surface area (Å²) in [6.45, 7) is 6.75. The molecule has 2 atom stereocenters. The number of ether oxygens (including phenoxy) is 2. The third-order valence-electron chi connectivity index (χ3n) is 6.55. The topological polar surface area (TPSA) is 113 Å². The van der Waals surface area contributed by atoms with Crippen LogP contribution in [0.5, 0.6) is 11.5 Å². The monoisotopic (exact) mass is 467 g/mol. The van der Waals surface area contributed by atoms with Crippen molar-refractivity contribution < 1.29 is 14.3 Å². The third-order valence-corrected chi connectivity index (χ3v) is 6.55. The Morgan fingerprint density at radius 2 is 1.82 bits per heavy atom. The first-order valence-corrected chi connectivity index (χ1v) is 11.9. The Bertz CT molecular complexity index is 1220. The Labute approximate surface area is 198 Å². The maximum absolute atomic E-state index is 13.3. The molecule has 2 heterocycles. The average molecular weight is 468 g/mol. The minimum absolute atomic E-state index is 0.0477. The van der Waals surface area contributed by atoms with Gasteiger partial charge in [-0.1, -0.05) is 52.2 Å². The van der Waals surface area contributed by atoms with Crippen LogP contribution in [0.4, 0.5) is 5.82 Å². The lowest BCUT2D eigenvalue weighted by Gasteiger charge is -2.40. The van der Waals surface area contributed by atoms with Crippen molar-refractivity contribution in [2.75, 3.05) is 19.0 Å². The predicted octanol–water partition coefficient (Wildman–Crippen LogP) is 4.09. The molecular weight excluding hydrogens is 434 g/mol. The van der Waals surface area contributed by atoms with E-state index in [1.165, 1.54) is 6.42 Å². The Morgan fingerprint density at radius 3 is 2.56 bits per heavy atom. The lowest BCUT2D eigenvalue weighted by molar-refractivity contribution is -0.124. The van der Waals surface area contributed by atoms with Crippen LogP contribution in [-0.4, -0.2) is 29.5 Å². The zero-order chi connectivity index (χ0) is 24.5. The van der Waals surface area contributed by atoms with Crippen molar-refractivity contribution in [1.82, 2.24) is 9.97 Å². The summed E-state index contributed by atoms with van der Waals surface area (Å²) >= 11 is 0. The summed E-state index contributed by atoms with van der Waals surface area (Å²) in [7, 11) is 1.57. The molecule has 1 aromatic heterocycles. The van der Waals surface area contributed by atoms with Gasteiger partial charge in [-0.15, -0.1) is 0 Å². The molecule has 0 saturated carbocycles. The number of hydrogen-bond acceptors (Lipinski definition) is 6. The van der Waals surface area contributed by atoms with Crippen LogP contribution in [-0.2, 0) is 4.79 Å². The normalized spacial score (nSPS) is 20.6. The molecule has 0 radical (unpaired) electrons. The highest BCUT2D eigenvalue weighted by atomic mass is 16.5. The van der Waals surface area contributed by atoms with Crippen LogP contribution in [0.15, 0.2) is 39.6 Å². The molecule has 0 fully saturated rings. The molecule has 0 bridgehead atoms. The first-order valence-electron chi connectivity index (χ1n) is 11.9. The summed E-state index contributed by atoms with van der Waals surface area (Å²) in [5.74, 6) is 0.410. The lowest BCUT2D eigenvalue weighted by Crippen LogP contribution is -2.43. The number of carbonyl (C=O) groups is 1. The number of fused-ring (bicyclic) bond motifs is 2. The van der Waals surface area contributed by atoms with E-state index in [2.05, 4.69) is 22.2 Å². The second-order valence-corrected chi connectivity index (χ2v) is 9.83. The van der Waals surface area contributed by atoms with Gasteiger partial charge < -0.3 is 14.8 Å². The van der Waals surface area contributed by atoms with E-state index < -0.39 is 23.1 Å². The molecule has 8 nitrogen and oxygen atoms in total. The first-order chi connectivity index (χ1) is 16.2. The number of unbranched alkanes of at least 4 members (excludes halogenated alkanes) is 3. The summed E-state index contributed by atoms with van der Waals surface area (Å²) in [4.78, 5) is 43.3. The number of ketones is 1. The van der Waals surface area contributed by atoms with E-state index in [-0.39, 0.29) is 11.2 Å². The highest BCUT2D eigenvalue weighted by Gasteiger charge is 2.45. The molecule has 0 saturated heterocycles. The molecular formula is C26H33N3O5. The van der Waals surface area contributed by atoms with Crippen LogP contribution < -0.4 is 26.0 Å². The van der Waals surface area contributed by atoms with Gasteiger partial charge in [0.25, 0.3) is 5.56 Å². The van der Waals surface area contributed by atoms with Crippen molar-refractivity contribution in [3.63, 3.8) is 0 Å². The number of Topliss-reactive ketones (excluding diaryl/α,β-unsaturated/α-hetero) is 1. The number of methoxy groups -OCH3 is 1. The zero-order valence-electron chi connectivity index (χ0n) is 20.2. The summed E-state index contributed by atoms with van der Waals surface area (Å²) < 4.78 is 11.6. The Hall–Kier alpha value is -3.29. The molecule has 182 valence electrons. The van der Waals surface area contributed by atoms with Gasteiger partial charge in [0.2, 0.25) is 0 Å². The van der Waals surface area contributed by atoms with Gasteiger partial charge in [0, 0.05) is 18.0 Å². The van der Waals surface area contributed by atoms with Crippen LogP contribution in [0.1, 0.15) is 69.9 Å². The van der Waals surface area contributed by atoms with E-state index in [9.17, 15) is 14.4 Å². The number of allylic oxidation sites excluding steroid dienone is 2. The van der Waals surface area contributed by atoms with E-state index in [0.29, 0.717) is 41.6 Å². The van der Waals surface area contributed by atoms with Crippen molar-refractivity contribution in [2.45, 2.75) is 58.8 Å². The fourth-order valence-corrected chi connectivity index (χ4v) is 5.04. The number of carbonyl (C=O) groups excluding carboxylic acids is 1. The third kappa shape index (κ3) is 4.67. The smallest absolute Gasteiger partial charge is 0.327 e. The van der Waals surface area contributed by atoms with E-state index >= 15 is 0 Å². The molecule has 4 rings (SSSR count). The molecule has 8 heteroatoms.